The van der Waals surface area contributed by atoms with Crippen LogP contribution in [0.4, 0.5) is 0 Å². The molecule has 0 saturated heterocycles. The van der Waals surface area contributed by atoms with Gasteiger partial charge in [-0.15, -0.1) is 0 Å². The molecule has 0 aromatic carbocycles. The van der Waals surface area contributed by atoms with E-state index in [0.717, 1.165) is 90.1 Å². The van der Waals surface area contributed by atoms with E-state index in [1.54, 1.807) is 0 Å². The molecule has 6 nitrogen and oxygen atoms in total. The molecular formula is C51H105NO5. The van der Waals surface area contributed by atoms with Crippen molar-refractivity contribution in [1.82, 2.24) is 4.90 Å². The highest BCUT2D eigenvalue weighted by atomic mass is 16.5. The van der Waals surface area contributed by atoms with Gasteiger partial charge in [0.25, 0.3) is 0 Å². The molecule has 0 aromatic heterocycles. The quantitative estimate of drug-likeness (QED) is 0.0376. The van der Waals surface area contributed by atoms with Crippen LogP contribution in [0.1, 0.15) is 267 Å². The lowest BCUT2D eigenvalue weighted by atomic mass is 9.99. The molecule has 0 fully saturated rings. The van der Waals surface area contributed by atoms with Crippen molar-refractivity contribution in [3.63, 3.8) is 0 Å². The third kappa shape index (κ3) is 51.1. The number of aliphatic hydroxyl groups is 1. The molecule has 2 atom stereocenters. The number of aliphatic hydroxyl groups excluding tert-OH is 1. The minimum absolute atomic E-state index is 0.00219. The van der Waals surface area contributed by atoms with Gasteiger partial charge in [0, 0.05) is 26.5 Å². The van der Waals surface area contributed by atoms with Crippen molar-refractivity contribution >= 4 is 12.3 Å². The smallest absolute Gasteiger partial charge is 0.306 e. The van der Waals surface area contributed by atoms with Crippen LogP contribution in [0.5, 0.6) is 0 Å². The fourth-order valence-corrected chi connectivity index (χ4v) is 7.35. The van der Waals surface area contributed by atoms with Gasteiger partial charge in [0.2, 0.25) is 0 Å². The minimum atomic E-state index is 0.00219. The standard InChI is InChI=1S/C31H61NO4.C15H32O.C5H12/c1-3-5-7-8-12-17-23-30(22-6-4-2)36-31(35)24-18-13-11-15-20-26-32(27-29-34)25-19-14-9-10-16-21-28-33;1-5-6-7-8-9-10-11-12-13-15(16-4)14(2)3;1-3-5-4-2/h28,30,34H,3-27,29H2,1-2H3;14-15H,5-13H2,1-4H3;3-5H2,1-2H3. The molecule has 0 heterocycles. The fraction of sp³-hybridized carbons (Fsp3) is 0.961. The van der Waals surface area contributed by atoms with Crippen molar-refractivity contribution in [3.8, 4) is 0 Å². The highest BCUT2D eigenvalue weighted by Gasteiger charge is 2.14. The lowest BCUT2D eigenvalue weighted by Gasteiger charge is -2.21. The second-order valence-corrected chi connectivity index (χ2v) is 17.3. The maximum absolute atomic E-state index is 12.4. The van der Waals surface area contributed by atoms with Gasteiger partial charge >= 0.3 is 5.97 Å². The number of hydrogen-bond acceptors (Lipinski definition) is 6. The van der Waals surface area contributed by atoms with E-state index in [1.807, 2.05) is 7.11 Å². The molecule has 0 aliphatic carbocycles. The molecule has 0 amide bonds. The number of methoxy groups -OCH3 is 1. The molecule has 0 spiro atoms. The molecule has 0 aliphatic heterocycles. The predicted molar refractivity (Wildman–Crippen MR) is 250 cm³/mol. The van der Waals surface area contributed by atoms with Gasteiger partial charge in [0.05, 0.1) is 12.7 Å². The van der Waals surface area contributed by atoms with Crippen LogP contribution in [0.2, 0.25) is 0 Å². The molecule has 1 N–H and O–H groups in total. The number of carbonyl (C=O) groups excluding carboxylic acids is 2. The van der Waals surface area contributed by atoms with Crippen molar-refractivity contribution in [1.29, 1.82) is 0 Å². The van der Waals surface area contributed by atoms with E-state index in [4.69, 9.17) is 9.47 Å². The average Bonchev–Trinajstić information content (AvgIpc) is 3.20. The second kappa shape index (κ2) is 53.0. The third-order valence-electron chi connectivity index (χ3n) is 11.2. The SMILES string of the molecule is CCCCC.CCCCCCCCC(CCCC)OC(=O)CCCCCCCN(CCO)CCCCCCCC=O.CCCCCCCCCCC(OC)C(C)C. The first-order valence-electron chi connectivity index (χ1n) is 25.3. The normalized spacial score (nSPS) is 12.2. The van der Waals surface area contributed by atoms with Crippen molar-refractivity contribution in [2.45, 2.75) is 279 Å². The Kier molecular flexibility index (Phi) is 56.1. The van der Waals surface area contributed by atoms with Gasteiger partial charge in [-0.2, -0.15) is 0 Å². The summed E-state index contributed by atoms with van der Waals surface area (Å²) in [5.74, 6) is 0.664. The maximum atomic E-state index is 12.4. The first kappa shape index (κ1) is 60.3. The van der Waals surface area contributed by atoms with Crippen molar-refractivity contribution in [2.24, 2.45) is 5.92 Å². The molecule has 6 heteroatoms. The summed E-state index contributed by atoms with van der Waals surface area (Å²) in [6.45, 7) is 18.7. The van der Waals surface area contributed by atoms with Crippen LogP contribution in [0.15, 0.2) is 0 Å². The van der Waals surface area contributed by atoms with Crippen molar-refractivity contribution in [2.75, 3.05) is 33.4 Å². The summed E-state index contributed by atoms with van der Waals surface area (Å²) in [4.78, 5) is 25.1. The predicted octanol–water partition coefficient (Wildman–Crippen LogP) is 15.4. The van der Waals surface area contributed by atoms with Crippen LogP contribution in [0, 0.1) is 5.92 Å². The van der Waals surface area contributed by atoms with E-state index >= 15 is 0 Å². The largest absolute Gasteiger partial charge is 0.462 e. The molecule has 0 aliphatic rings. The van der Waals surface area contributed by atoms with E-state index in [0.29, 0.717) is 24.9 Å². The summed E-state index contributed by atoms with van der Waals surface area (Å²) in [6, 6.07) is 0. The molecule has 57 heavy (non-hydrogen) atoms. The Morgan fingerprint density at radius 3 is 1.39 bits per heavy atom. The van der Waals surface area contributed by atoms with Gasteiger partial charge in [-0.3, -0.25) is 4.79 Å². The summed E-state index contributed by atoms with van der Waals surface area (Å²) >= 11 is 0. The number of aldehydes is 1. The average molecular weight is 812 g/mol. The summed E-state index contributed by atoms with van der Waals surface area (Å²) in [6.07, 6.45) is 42.7. The molecule has 2 unspecified atom stereocenters. The lowest BCUT2D eigenvalue weighted by Crippen LogP contribution is -2.29. The van der Waals surface area contributed by atoms with Gasteiger partial charge < -0.3 is 24.3 Å². The number of rotatable bonds is 42. The molecular weight excluding hydrogens is 707 g/mol. The number of esters is 1. The number of unbranched alkanes of at least 4 members (excludes halogenated alkanes) is 24. The van der Waals surface area contributed by atoms with Gasteiger partial charge in [-0.25, -0.2) is 0 Å². The Hall–Kier alpha value is -0.980. The van der Waals surface area contributed by atoms with Crippen molar-refractivity contribution in [3.05, 3.63) is 0 Å². The molecule has 344 valence electrons. The van der Waals surface area contributed by atoms with Crippen LogP contribution in [0.3, 0.4) is 0 Å². The minimum Gasteiger partial charge on any atom is -0.462 e. The zero-order valence-electron chi connectivity index (χ0n) is 40.2. The van der Waals surface area contributed by atoms with Gasteiger partial charge in [-0.1, -0.05) is 203 Å². The van der Waals surface area contributed by atoms with Crippen LogP contribution >= 0.6 is 0 Å². The Bertz CT molecular complexity index is 745. The highest BCUT2D eigenvalue weighted by Crippen LogP contribution is 2.18. The lowest BCUT2D eigenvalue weighted by molar-refractivity contribution is -0.150. The van der Waals surface area contributed by atoms with Crippen LogP contribution in [0.25, 0.3) is 0 Å². The van der Waals surface area contributed by atoms with Gasteiger partial charge in [0.1, 0.15) is 12.4 Å². The molecule has 0 aromatic rings. The van der Waals surface area contributed by atoms with Crippen molar-refractivity contribution < 1.29 is 24.2 Å². The van der Waals surface area contributed by atoms with E-state index < -0.39 is 0 Å². The molecule has 0 saturated carbocycles. The van der Waals surface area contributed by atoms with Crippen LogP contribution in [-0.4, -0.2) is 67.8 Å². The highest BCUT2D eigenvalue weighted by molar-refractivity contribution is 5.69. The van der Waals surface area contributed by atoms with Gasteiger partial charge in [0.15, 0.2) is 0 Å². The first-order valence-corrected chi connectivity index (χ1v) is 25.3. The molecule has 0 radical (unpaired) electrons. The second-order valence-electron chi connectivity index (χ2n) is 17.3. The van der Waals surface area contributed by atoms with Crippen LogP contribution in [-0.2, 0) is 19.1 Å². The van der Waals surface area contributed by atoms with Crippen LogP contribution < -0.4 is 0 Å². The number of ether oxygens (including phenoxy) is 2. The summed E-state index contributed by atoms with van der Waals surface area (Å²) < 4.78 is 11.3. The zero-order valence-corrected chi connectivity index (χ0v) is 40.2. The Labute approximate surface area is 358 Å². The molecule has 0 bridgehead atoms. The Morgan fingerprint density at radius 2 is 0.947 bits per heavy atom. The summed E-state index contributed by atoms with van der Waals surface area (Å²) in [7, 11) is 1.84. The summed E-state index contributed by atoms with van der Waals surface area (Å²) in [5, 5.41) is 9.34. The Balaban J connectivity index is -0.00000114. The maximum Gasteiger partial charge on any atom is 0.306 e. The topological polar surface area (TPSA) is 76.1 Å². The van der Waals surface area contributed by atoms with E-state index in [9.17, 15) is 14.7 Å². The first-order chi connectivity index (χ1) is 27.8. The number of carbonyl (C=O) groups is 2. The number of hydrogen-bond donors (Lipinski definition) is 1. The molecule has 0 rings (SSSR count). The fourth-order valence-electron chi connectivity index (χ4n) is 7.35. The van der Waals surface area contributed by atoms with E-state index in [1.165, 1.54) is 141 Å². The van der Waals surface area contributed by atoms with E-state index in [-0.39, 0.29) is 18.7 Å². The van der Waals surface area contributed by atoms with E-state index in [2.05, 4.69) is 53.4 Å². The summed E-state index contributed by atoms with van der Waals surface area (Å²) in [5.41, 5.74) is 0. The third-order valence-corrected chi connectivity index (χ3v) is 11.2. The van der Waals surface area contributed by atoms with Gasteiger partial charge in [-0.05, 0) is 70.4 Å². The number of nitrogens with zero attached hydrogens (tertiary/aromatic N) is 1. The monoisotopic (exact) mass is 812 g/mol. The zero-order chi connectivity index (χ0) is 42.9. The Morgan fingerprint density at radius 1 is 0.526 bits per heavy atom.